The standard InChI is InChI=1S/C25H34ClN5O4/c1-17(2)34-21-15-27-16-28-22(21)30-10-12-31(13-11-30)23(32)20(29-24(33)35-25(3,4)5)14-18-6-8-19(26)9-7-18/h6-9,15-17,20H,10-14H2,1-5H3,(H,29,33). The average Bonchev–Trinajstić information content (AvgIpc) is 2.78. The van der Waals surface area contributed by atoms with Crippen LogP contribution in [0.2, 0.25) is 5.02 Å². The van der Waals surface area contributed by atoms with Gasteiger partial charge in [0.2, 0.25) is 5.91 Å². The van der Waals surface area contributed by atoms with E-state index in [1.54, 1.807) is 44.0 Å². The monoisotopic (exact) mass is 503 g/mol. The molecule has 2 aromatic rings. The quantitative estimate of drug-likeness (QED) is 0.615. The molecular formula is C25H34ClN5O4. The summed E-state index contributed by atoms with van der Waals surface area (Å²) in [6, 6.07) is 6.47. The molecule has 0 saturated carbocycles. The second-order valence-corrected chi connectivity index (χ2v) is 10.2. The van der Waals surface area contributed by atoms with Gasteiger partial charge in [-0.3, -0.25) is 4.79 Å². The summed E-state index contributed by atoms with van der Waals surface area (Å²) >= 11 is 6.00. The Hall–Kier alpha value is -3.07. The third kappa shape index (κ3) is 7.99. The summed E-state index contributed by atoms with van der Waals surface area (Å²) in [5, 5.41) is 3.38. The minimum Gasteiger partial charge on any atom is -0.486 e. The number of hydrogen-bond donors (Lipinski definition) is 1. The van der Waals surface area contributed by atoms with Crippen molar-refractivity contribution >= 4 is 29.4 Å². The van der Waals surface area contributed by atoms with Gasteiger partial charge in [0.25, 0.3) is 0 Å². The van der Waals surface area contributed by atoms with Crippen LogP contribution in [0.15, 0.2) is 36.8 Å². The predicted molar refractivity (Wildman–Crippen MR) is 135 cm³/mol. The highest BCUT2D eigenvalue weighted by Gasteiger charge is 2.31. The van der Waals surface area contributed by atoms with Crippen molar-refractivity contribution in [1.29, 1.82) is 0 Å². The molecule has 190 valence electrons. The summed E-state index contributed by atoms with van der Waals surface area (Å²) in [6.07, 6.45) is 2.85. The number of halogens is 1. The summed E-state index contributed by atoms with van der Waals surface area (Å²) in [5.41, 5.74) is 0.218. The van der Waals surface area contributed by atoms with E-state index in [0.29, 0.717) is 49.2 Å². The normalized spacial score (nSPS) is 15.1. The fourth-order valence-electron chi connectivity index (χ4n) is 3.75. The smallest absolute Gasteiger partial charge is 0.408 e. The molecule has 10 heteroatoms. The maximum absolute atomic E-state index is 13.5. The van der Waals surface area contributed by atoms with Gasteiger partial charge in [0, 0.05) is 37.6 Å². The van der Waals surface area contributed by atoms with Crippen LogP contribution in [0, 0.1) is 0 Å². The second-order valence-electron chi connectivity index (χ2n) is 9.72. The molecule has 1 aliphatic rings. The number of benzene rings is 1. The van der Waals surface area contributed by atoms with E-state index in [0.717, 1.165) is 5.56 Å². The van der Waals surface area contributed by atoms with Crippen LogP contribution in [0.4, 0.5) is 10.6 Å². The molecule has 2 amide bonds. The number of alkyl carbamates (subject to hydrolysis) is 1. The van der Waals surface area contributed by atoms with Gasteiger partial charge in [0.1, 0.15) is 18.0 Å². The summed E-state index contributed by atoms with van der Waals surface area (Å²) in [7, 11) is 0. The van der Waals surface area contributed by atoms with Crippen LogP contribution in [0.25, 0.3) is 0 Å². The zero-order valence-electron chi connectivity index (χ0n) is 21.0. The van der Waals surface area contributed by atoms with E-state index >= 15 is 0 Å². The van der Waals surface area contributed by atoms with Gasteiger partial charge < -0.3 is 24.6 Å². The van der Waals surface area contributed by atoms with Crippen molar-refractivity contribution in [1.82, 2.24) is 20.2 Å². The lowest BCUT2D eigenvalue weighted by Crippen LogP contribution is -2.56. The van der Waals surface area contributed by atoms with Crippen molar-refractivity contribution in [3.63, 3.8) is 0 Å². The third-order valence-electron chi connectivity index (χ3n) is 5.25. The van der Waals surface area contributed by atoms with Gasteiger partial charge in [-0.1, -0.05) is 23.7 Å². The molecule has 2 heterocycles. The Balaban J connectivity index is 1.70. The van der Waals surface area contributed by atoms with Crippen LogP contribution in [0.1, 0.15) is 40.2 Å². The van der Waals surface area contributed by atoms with Crippen LogP contribution in [-0.4, -0.2) is 70.8 Å². The molecule has 9 nitrogen and oxygen atoms in total. The molecule has 3 rings (SSSR count). The van der Waals surface area contributed by atoms with Crippen LogP contribution >= 0.6 is 11.6 Å². The van der Waals surface area contributed by atoms with Gasteiger partial charge in [-0.25, -0.2) is 14.8 Å². The number of ether oxygens (including phenoxy) is 2. The van der Waals surface area contributed by atoms with Crippen LogP contribution in [0.5, 0.6) is 5.75 Å². The van der Waals surface area contributed by atoms with E-state index in [-0.39, 0.29) is 12.0 Å². The summed E-state index contributed by atoms with van der Waals surface area (Å²) < 4.78 is 11.3. The van der Waals surface area contributed by atoms with Gasteiger partial charge in [0.05, 0.1) is 12.3 Å². The van der Waals surface area contributed by atoms with E-state index in [9.17, 15) is 9.59 Å². The van der Waals surface area contributed by atoms with Crippen molar-refractivity contribution in [2.75, 3.05) is 31.1 Å². The molecule has 1 atom stereocenters. The van der Waals surface area contributed by atoms with Crippen molar-refractivity contribution < 1.29 is 19.1 Å². The number of anilines is 1. The first-order valence-corrected chi connectivity index (χ1v) is 12.1. The van der Waals surface area contributed by atoms with Crippen molar-refractivity contribution in [3.05, 3.63) is 47.4 Å². The Labute approximate surface area is 211 Å². The molecule has 1 N–H and O–H groups in total. The molecule has 1 saturated heterocycles. The first-order chi connectivity index (χ1) is 16.5. The largest absolute Gasteiger partial charge is 0.486 e. The lowest BCUT2D eigenvalue weighted by Gasteiger charge is -2.37. The van der Waals surface area contributed by atoms with Gasteiger partial charge in [-0.15, -0.1) is 0 Å². The van der Waals surface area contributed by atoms with E-state index in [4.69, 9.17) is 21.1 Å². The number of carbonyl (C=O) groups is 2. The number of aromatic nitrogens is 2. The molecule has 1 fully saturated rings. The highest BCUT2D eigenvalue weighted by Crippen LogP contribution is 2.26. The Bertz CT molecular complexity index is 1000. The first-order valence-electron chi connectivity index (χ1n) is 11.8. The van der Waals surface area contributed by atoms with Gasteiger partial charge in [-0.2, -0.15) is 0 Å². The molecule has 0 spiro atoms. The Morgan fingerprint density at radius 3 is 2.37 bits per heavy atom. The molecule has 1 unspecified atom stereocenters. The average molecular weight is 504 g/mol. The second kappa shape index (κ2) is 11.6. The Morgan fingerprint density at radius 2 is 1.77 bits per heavy atom. The first kappa shape index (κ1) is 26.5. The molecule has 0 aliphatic carbocycles. The molecule has 0 bridgehead atoms. The zero-order chi connectivity index (χ0) is 25.6. The number of nitrogens with zero attached hydrogens (tertiary/aromatic N) is 4. The summed E-state index contributed by atoms with van der Waals surface area (Å²) in [6.45, 7) is 11.4. The summed E-state index contributed by atoms with van der Waals surface area (Å²) in [5.74, 6) is 1.17. The molecule has 1 aliphatic heterocycles. The molecular weight excluding hydrogens is 470 g/mol. The van der Waals surface area contributed by atoms with Crippen LogP contribution in [0.3, 0.4) is 0 Å². The third-order valence-corrected chi connectivity index (χ3v) is 5.51. The van der Waals surface area contributed by atoms with E-state index in [1.807, 2.05) is 26.0 Å². The molecule has 35 heavy (non-hydrogen) atoms. The SMILES string of the molecule is CC(C)Oc1cncnc1N1CCN(C(=O)C(Cc2ccc(Cl)cc2)NC(=O)OC(C)(C)C)CC1. The van der Waals surface area contributed by atoms with E-state index in [1.165, 1.54) is 6.33 Å². The number of hydrogen-bond acceptors (Lipinski definition) is 7. The maximum atomic E-state index is 13.5. The topological polar surface area (TPSA) is 96.9 Å². The fourth-order valence-corrected chi connectivity index (χ4v) is 3.88. The van der Waals surface area contributed by atoms with Gasteiger partial charge >= 0.3 is 6.09 Å². The van der Waals surface area contributed by atoms with Gasteiger partial charge in [-0.05, 0) is 52.3 Å². The van der Waals surface area contributed by atoms with E-state index in [2.05, 4.69) is 20.2 Å². The number of amides is 2. The van der Waals surface area contributed by atoms with Crippen molar-refractivity contribution in [2.45, 2.75) is 58.8 Å². The Morgan fingerprint density at radius 1 is 1.11 bits per heavy atom. The molecule has 1 aromatic heterocycles. The summed E-state index contributed by atoms with van der Waals surface area (Å²) in [4.78, 5) is 38.3. The van der Waals surface area contributed by atoms with Crippen molar-refractivity contribution in [3.8, 4) is 5.75 Å². The van der Waals surface area contributed by atoms with Crippen molar-refractivity contribution in [2.24, 2.45) is 0 Å². The number of nitrogens with one attached hydrogen (secondary N) is 1. The number of carbonyl (C=O) groups excluding carboxylic acids is 2. The number of piperazine rings is 1. The lowest BCUT2D eigenvalue weighted by molar-refractivity contribution is -0.133. The van der Waals surface area contributed by atoms with Crippen LogP contribution < -0.4 is 15.0 Å². The fraction of sp³-hybridized carbons (Fsp3) is 0.520. The minimum atomic E-state index is -0.767. The van der Waals surface area contributed by atoms with Crippen LogP contribution in [-0.2, 0) is 16.0 Å². The molecule has 1 aromatic carbocycles. The lowest BCUT2D eigenvalue weighted by atomic mass is 10.0. The minimum absolute atomic E-state index is 0.00447. The maximum Gasteiger partial charge on any atom is 0.408 e. The zero-order valence-corrected chi connectivity index (χ0v) is 21.7. The number of rotatable bonds is 7. The highest BCUT2D eigenvalue weighted by molar-refractivity contribution is 6.30. The highest BCUT2D eigenvalue weighted by atomic mass is 35.5. The van der Waals surface area contributed by atoms with E-state index < -0.39 is 17.7 Å². The molecule has 0 radical (unpaired) electrons. The Kier molecular flexibility index (Phi) is 8.77. The predicted octanol–water partition coefficient (Wildman–Crippen LogP) is 3.70. The van der Waals surface area contributed by atoms with Gasteiger partial charge in [0.15, 0.2) is 11.6 Å².